The zero-order valence-corrected chi connectivity index (χ0v) is 16.8. The molecule has 0 aliphatic rings. The lowest BCUT2D eigenvalue weighted by Gasteiger charge is -2.14. The van der Waals surface area contributed by atoms with Gasteiger partial charge in [0.15, 0.2) is 0 Å². The van der Waals surface area contributed by atoms with Gasteiger partial charge in [0.25, 0.3) is 0 Å². The van der Waals surface area contributed by atoms with Crippen LogP contribution in [0.5, 0.6) is 5.75 Å². The quantitative estimate of drug-likeness (QED) is 0.454. The molecule has 0 saturated heterocycles. The summed E-state index contributed by atoms with van der Waals surface area (Å²) in [6.45, 7) is 0. The summed E-state index contributed by atoms with van der Waals surface area (Å²) in [6, 6.07) is 17.1. The Kier molecular flexibility index (Phi) is 5.80. The van der Waals surface area contributed by atoms with Gasteiger partial charge in [-0.15, -0.1) is 10.2 Å². The van der Waals surface area contributed by atoms with Gasteiger partial charge in [-0.25, -0.2) is 4.39 Å². The molecule has 0 bridgehead atoms. The van der Waals surface area contributed by atoms with Crippen LogP contribution in [0, 0.1) is 5.82 Å². The highest BCUT2D eigenvalue weighted by Gasteiger charge is 2.15. The Morgan fingerprint density at radius 2 is 1.83 bits per heavy atom. The van der Waals surface area contributed by atoms with Crippen molar-refractivity contribution in [2.45, 2.75) is 10.9 Å². The van der Waals surface area contributed by atoms with Gasteiger partial charge < -0.3 is 10.1 Å². The van der Waals surface area contributed by atoms with E-state index in [4.69, 9.17) is 4.74 Å². The van der Waals surface area contributed by atoms with Crippen LogP contribution in [0.1, 0.15) is 5.56 Å². The van der Waals surface area contributed by atoms with Gasteiger partial charge in [0, 0.05) is 23.8 Å². The molecular weight excluding hydrogens is 405 g/mol. The maximum Gasteiger partial charge on any atom is 0.316 e. The average Bonchev–Trinajstić information content (AvgIpc) is 3.29. The van der Waals surface area contributed by atoms with Gasteiger partial charge in [-0.1, -0.05) is 23.9 Å². The molecule has 0 saturated carbocycles. The molecule has 9 heteroatoms. The third kappa shape index (κ3) is 4.36. The summed E-state index contributed by atoms with van der Waals surface area (Å²) in [4.78, 5) is 13.2. The minimum atomic E-state index is -0.362. The number of hydrogen-bond acceptors (Lipinski definition) is 6. The molecule has 7 nitrogen and oxygen atoms in total. The highest BCUT2D eigenvalue weighted by Crippen LogP contribution is 2.22. The Labute approximate surface area is 176 Å². The maximum absolute atomic E-state index is 13.5. The van der Waals surface area contributed by atoms with E-state index in [2.05, 4.69) is 15.5 Å². The molecular formula is C21H18FN5O2S. The molecule has 0 radical (unpaired) electrons. The Balaban J connectivity index is 1.65. The van der Waals surface area contributed by atoms with Crippen LogP contribution in [-0.2, 0) is 5.75 Å². The van der Waals surface area contributed by atoms with E-state index in [0.29, 0.717) is 22.3 Å². The highest BCUT2D eigenvalue weighted by atomic mass is 32.2. The third-order valence-corrected chi connectivity index (χ3v) is 5.23. The zero-order valence-electron chi connectivity index (χ0n) is 16.0. The van der Waals surface area contributed by atoms with Gasteiger partial charge in [-0.2, -0.15) is 4.68 Å². The van der Waals surface area contributed by atoms with Crippen molar-refractivity contribution >= 4 is 23.3 Å². The molecule has 0 amide bonds. The fourth-order valence-electron chi connectivity index (χ4n) is 2.78. The molecule has 152 valence electrons. The highest BCUT2D eigenvalue weighted by molar-refractivity contribution is 7.98. The SMILES string of the molecule is COc1ccc(Nc2nnc(SCc3cccc(F)c3)n(-n3cccc3)c2=O)cc1. The predicted molar refractivity (Wildman–Crippen MR) is 114 cm³/mol. The molecule has 1 N–H and O–H groups in total. The van der Waals surface area contributed by atoms with Crippen molar-refractivity contribution in [1.82, 2.24) is 19.5 Å². The minimum absolute atomic E-state index is 0.0870. The van der Waals surface area contributed by atoms with E-state index < -0.39 is 0 Å². The number of thioether (sulfide) groups is 1. The molecule has 0 aliphatic heterocycles. The Morgan fingerprint density at radius 3 is 2.53 bits per heavy atom. The Hall–Kier alpha value is -3.59. The van der Waals surface area contributed by atoms with Crippen molar-refractivity contribution in [1.29, 1.82) is 0 Å². The summed E-state index contributed by atoms with van der Waals surface area (Å²) in [6.07, 6.45) is 3.49. The van der Waals surface area contributed by atoms with Crippen LogP contribution >= 0.6 is 11.8 Å². The molecule has 0 aliphatic carbocycles. The van der Waals surface area contributed by atoms with E-state index in [1.54, 1.807) is 54.5 Å². The van der Waals surface area contributed by atoms with Crippen LogP contribution in [0.3, 0.4) is 0 Å². The van der Waals surface area contributed by atoms with E-state index in [9.17, 15) is 9.18 Å². The average molecular weight is 423 g/mol. The number of hydrogen-bond donors (Lipinski definition) is 1. The zero-order chi connectivity index (χ0) is 20.9. The number of aromatic nitrogens is 4. The molecule has 0 spiro atoms. The van der Waals surface area contributed by atoms with Gasteiger partial charge in [0.2, 0.25) is 11.0 Å². The number of nitrogens with one attached hydrogen (secondary N) is 1. The first-order valence-corrected chi connectivity index (χ1v) is 10.0. The first kappa shape index (κ1) is 19.7. The lowest BCUT2D eigenvalue weighted by Crippen LogP contribution is -2.30. The van der Waals surface area contributed by atoms with Crippen molar-refractivity contribution in [3.63, 3.8) is 0 Å². The van der Waals surface area contributed by atoms with Gasteiger partial charge in [0.1, 0.15) is 11.6 Å². The molecule has 4 rings (SSSR count). The van der Waals surface area contributed by atoms with E-state index in [1.165, 1.54) is 28.6 Å². The summed E-state index contributed by atoms with van der Waals surface area (Å²) < 4.78 is 21.6. The lowest BCUT2D eigenvalue weighted by molar-refractivity contribution is 0.415. The number of anilines is 2. The first-order valence-electron chi connectivity index (χ1n) is 9.06. The van der Waals surface area contributed by atoms with Crippen molar-refractivity contribution in [3.8, 4) is 5.75 Å². The molecule has 30 heavy (non-hydrogen) atoms. The lowest BCUT2D eigenvalue weighted by atomic mass is 10.2. The number of rotatable bonds is 7. The Morgan fingerprint density at radius 1 is 1.07 bits per heavy atom. The summed E-state index contributed by atoms with van der Waals surface area (Å²) in [7, 11) is 1.59. The summed E-state index contributed by atoms with van der Waals surface area (Å²) in [5.41, 5.74) is 1.11. The third-order valence-electron chi connectivity index (χ3n) is 4.24. The molecule has 0 atom stereocenters. The fraction of sp³-hybridized carbons (Fsp3) is 0.0952. The minimum Gasteiger partial charge on any atom is -0.497 e. The van der Waals surface area contributed by atoms with Gasteiger partial charge >= 0.3 is 5.56 Å². The largest absolute Gasteiger partial charge is 0.497 e. The van der Waals surface area contributed by atoms with Crippen molar-refractivity contribution in [3.05, 3.63) is 94.8 Å². The molecule has 2 aromatic heterocycles. The van der Waals surface area contributed by atoms with E-state index in [1.807, 2.05) is 18.2 Å². The van der Waals surface area contributed by atoms with Gasteiger partial charge in [0.05, 0.1) is 7.11 Å². The smallest absolute Gasteiger partial charge is 0.316 e. The maximum atomic E-state index is 13.5. The molecule has 0 fully saturated rings. The van der Waals surface area contributed by atoms with Crippen LogP contribution in [-0.4, -0.2) is 26.7 Å². The second kappa shape index (κ2) is 8.83. The molecule has 0 unspecified atom stereocenters. The first-order chi connectivity index (χ1) is 14.6. The molecule has 2 heterocycles. The summed E-state index contributed by atoms with van der Waals surface area (Å²) in [5, 5.41) is 11.7. The van der Waals surface area contributed by atoms with E-state index in [-0.39, 0.29) is 17.2 Å². The van der Waals surface area contributed by atoms with Crippen LogP contribution in [0.4, 0.5) is 15.9 Å². The number of ether oxygens (including phenoxy) is 1. The van der Waals surface area contributed by atoms with Crippen LogP contribution in [0.15, 0.2) is 83.0 Å². The summed E-state index contributed by atoms with van der Waals surface area (Å²) in [5.74, 6) is 0.934. The van der Waals surface area contributed by atoms with Gasteiger partial charge in [-0.3, -0.25) is 9.47 Å². The Bertz CT molecular complexity index is 1190. The van der Waals surface area contributed by atoms with E-state index in [0.717, 1.165) is 5.56 Å². The fourth-order valence-corrected chi connectivity index (χ4v) is 3.66. The van der Waals surface area contributed by atoms with Crippen molar-refractivity contribution < 1.29 is 9.13 Å². The molecule has 2 aromatic carbocycles. The second-order valence-electron chi connectivity index (χ2n) is 6.28. The second-order valence-corrected chi connectivity index (χ2v) is 7.23. The summed E-state index contributed by atoms with van der Waals surface area (Å²) >= 11 is 1.30. The number of methoxy groups -OCH3 is 1. The number of halogens is 1. The van der Waals surface area contributed by atoms with Crippen molar-refractivity contribution in [2.75, 3.05) is 12.4 Å². The van der Waals surface area contributed by atoms with E-state index >= 15 is 0 Å². The molecule has 4 aromatic rings. The predicted octanol–water partition coefficient (Wildman–Crippen LogP) is 3.93. The topological polar surface area (TPSA) is 74.0 Å². The standard InChI is InChI=1S/C21H18FN5O2S/c1-29-18-9-7-17(8-10-18)23-19-20(28)27(26-11-2-3-12-26)21(25-24-19)30-14-15-5-4-6-16(22)13-15/h2-13H,14H2,1H3,(H,23,24). The number of benzene rings is 2. The van der Waals surface area contributed by atoms with Crippen molar-refractivity contribution in [2.24, 2.45) is 0 Å². The number of nitrogens with zero attached hydrogens (tertiary/aromatic N) is 4. The van der Waals surface area contributed by atoms with Crippen LogP contribution in [0.25, 0.3) is 0 Å². The monoisotopic (exact) mass is 423 g/mol. The van der Waals surface area contributed by atoms with Crippen LogP contribution < -0.4 is 15.6 Å². The normalized spacial score (nSPS) is 10.7. The van der Waals surface area contributed by atoms with Gasteiger partial charge in [-0.05, 0) is 54.1 Å². The van der Waals surface area contributed by atoms with Crippen LogP contribution in [0.2, 0.25) is 0 Å².